The summed E-state index contributed by atoms with van der Waals surface area (Å²) in [6, 6.07) is 4.92. The van der Waals surface area contributed by atoms with Crippen molar-refractivity contribution in [2.24, 2.45) is 5.41 Å². The summed E-state index contributed by atoms with van der Waals surface area (Å²) in [5, 5.41) is 0. The Balaban J connectivity index is 1.39. The lowest BCUT2D eigenvalue weighted by Gasteiger charge is -2.22. The van der Waals surface area contributed by atoms with Crippen molar-refractivity contribution in [1.29, 1.82) is 0 Å². The van der Waals surface area contributed by atoms with E-state index >= 15 is 0 Å². The quantitative estimate of drug-likeness (QED) is 0.472. The molecule has 2 aromatic carbocycles. The number of methoxy groups -OCH3 is 2. The first-order valence-corrected chi connectivity index (χ1v) is 12.9. The van der Waals surface area contributed by atoms with Crippen molar-refractivity contribution in [2.75, 3.05) is 14.2 Å². The van der Waals surface area contributed by atoms with E-state index in [2.05, 4.69) is 12.1 Å². The van der Waals surface area contributed by atoms with Gasteiger partial charge in [-0.1, -0.05) is 12.1 Å². The van der Waals surface area contributed by atoms with Gasteiger partial charge in [0.1, 0.15) is 0 Å². The van der Waals surface area contributed by atoms with Crippen molar-refractivity contribution in [1.82, 2.24) is 0 Å². The van der Waals surface area contributed by atoms with Crippen LogP contribution in [0.2, 0.25) is 0 Å². The van der Waals surface area contributed by atoms with Gasteiger partial charge in [-0.05, 0) is 137 Å². The fourth-order valence-corrected chi connectivity index (χ4v) is 7.28. The lowest BCUT2D eigenvalue weighted by molar-refractivity contribution is -0.135. The maximum absolute atomic E-state index is 11.9. The van der Waals surface area contributed by atoms with Gasteiger partial charge in [-0.3, -0.25) is 0 Å². The number of hydrogen-bond donors (Lipinski definition) is 0. The van der Waals surface area contributed by atoms with Crippen LogP contribution in [0.15, 0.2) is 24.3 Å². The normalized spacial score (nSPS) is 18.8. The molecule has 0 aliphatic heterocycles. The number of carbonyl (C=O) groups excluding carboxylic acids is 2. The van der Waals surface area contributed by atoms with Gasteiger partial charge in [-0.2, -0.15) is 0 Å². The van der Waals surface area contributed by atoms with Crippen molar-refractivity contribution in [3.8, 4) is 0 Å². The first-order chi connectivity index (χ1) is 17.0. The minimum Gasteiger partial charge on any atom is -0.466 e. The molecule has 4 aliphatic rings. The highest BCUT2D eigenvalue weighted by Gasteiger charge is 2.45. The second-order valence-electron chi connectivity index (χ2n) is 10.8. The summed E-state index contributed by atoms with van der Waals surface area (Å²) in [6.45, 7) is 0. The van der Waals surface area contributed by atoms with E-state index in [1.54, 1.807) is 12.2 Å². The average Bonchev–Trinajstić information content (AvgIpc) is 3.64. The molecule has 0 radical (unpaired) electrons. The third-order valence-corrected chi connectivity index (χ3v) is 8.70. The number of esters is 2. The van der Waals surface area contributed by atoms with E-state index in [4.69, 9.17) is 9.47 Å². The average molecular weight is 469 g/mol. The fourth-order valence-electron chi connectivity index (χ4n) is 7.28. The molecule has 0 aromatic heterocycles. The Morgan fingerprint density at radius 2 is 1.11 bits per heavy atom. The first-order valence-electron chi connectivity index (χ1n) is 12.9. The maximum Gasteiger partial charge on any atom is 0.330 e. The molecule has 0 fully saturated rings. The number of ether oxygens (including phenoxy) is 2. The molecule has 0 heterocycles. The fraction of sp³-hybridized carbons (Fsp3) is 0.419. The Morgan fingerprint density at radius 3 is 1.54 bits per heavy atom. The molecule has 0 atom stereocenters. The van der Waals surface area contributed by atoms with Gasteiger partial charge in [0.2, 0.25) is 0 Å². The summed E-state index contributed by atoms with van der Waals surface area (Å²) in [5.41, 5.74) is 14.3. The van der Waals surface area contributed by atoms with Crippen LogP contribution in [0, 0.1) is 5.41 Å². The smallest absolute Gasteiger partial charge is 0.330 e. The zero-order valence-corrected chi connectivity index (χ0v) is 20.7. The van der Waals surface area contributed by atoms with Crippen LogP contribution in [0.1, 0.15) is 68.5 Å². The molecule has 0 unspecified atom stereocenters. The van der Waals surface area contributed by atoms with Gasteiger partial charge in [0.05, 0.1) is 14.2 Å². The Kier molecular flexibility index (Phi) is 5.43. The molecule has 4 nitrogen and oxygen atoms in total. The molecule has 0 saturated heterocycles. The Hall–Kier alpha value is -3.14. The third kappa shape index (κ3) is 3.74. The predicted molar refractivity (Wildman–Crippen MR) is 136 cm³/mol. The highest BCUT2D eigenvalue weighted by molar-refractivity contribution is 5.88. The summed E-state index contributed by atoms with van der Waals surface area (Å²) in [4.78, 5) is 23.8. The number of benzene rings is 2. The van der Waals surface area contributed by atoms with Gasteiger partial charge < -0.3 is 9.47 Å². The largest absolute Gasteiger partial charge is 0.466 e. The molecule has 0 saturated carbocycles. The van der Waals surface area contributed by atoms with Crippen LogP contribution in [-0.2, 0) is 70.4 Å². The molecule has 2 aromatic rings. The van der Waals surface area contributed by atoms with Gasteiger partial charge in [-0.25, -0.2) is 9.59 Å². The van der Waals surface area contributed by atoms with E-state index in [-0.39, 0.29) is 17.4 Å². The van der Waals surface area contributed by atoms with Gasteiger partial charge in [0.25, 0.3) is 0 Å². The van der Waals surface area contributed by atoms with Crippen LogP contribution in [0.5, 0.6) is 0 Å². The highest BCUT2D eigenvalue weighted by atomic mass is 16.5. The van der Waals surface area contributed by atoms with Crippen LogP contribution in [0.3, 0.4) is 0 Å². The van der Waals surface area contributed by atoms with Gasteiger partial charge in [0.15, 0.2) is 0 Å². The maximum atomic E-state index is 11.9. The van der Waals surface area contributed by atoms with E-state index in [1.165, 1.54) is 82.7 Å². The summed E-state index contributed by atoms with van der Waals surface area (Å²) in [7, 11) is 2.86. The molecule has 0 bridgehead atoms. The first kappa shape index (κ1) is 22.3. The topological polar surface area (TPSA) is 52.6 Å². The number of hydrogen-bond acceptors (Lipinski definition) is 4. The van der Waals surface area contributed by atoms with Crippen LogP contribution < -0.4 is 0 Å². The SMILES string of the molecule is COC(=O)/C=C/c1c2c(cc3c1CC1(C3)Cc3cc4c(c(/C=C/C(=O)OC)c3C1)CCC4)CCC2. The molecule has 6 rings (SSSR count). The van der Waals surface area contributed by atoms with E-state index in [9.17, 15) is 9.59 Å². The van der Waals surface area contributed by atoms with Crippen LogP contribution in [0.4, 0.5) is 0 Å². The lowest BCUT2D eigenvalue weighted by atomic mass is 9.81. The van der Waals surface area contributed by atoms with Crippen LogP contribution in [0.25, 0.3) is 12.2 Å². The van der Waals surface area contributed by atoms with Crippen molar-refractivity contribution in [3.63, 3.8) is 0 Å². The Labute approximate surface area is 207 Å². The molecule has 1 spiro atoms. The molecule has 35 heavy (non-hydrogen) atoms. The number of aryl methyl sites for hydroxylation is 2. The predicted octanol–water partition coefficient (Wildman–Crippen LogP) is 4.92. The third-order valence-electron chi connectivity index (χ3n) is 8.70. The summed E-state index contributed by atoms with van der Waals surface area (Å²) >= 11 is 0. The van der Waals surface area contributed by atoms with Crippen molar-refractivity contribution in [2.45, 2.75) is 64.2 Å². The Morgan fingerprint density at radius 1 is 0.657 bits per heavy atom. The zero-order valence-electron chi connectivity index (χ0n) is 20.7. The van der Waals surface area contributed by atoms with Gasteiger partial charge in [0, 0.05) is 12.2 Å². The molecule has 0 N–H and O–H groups in total. The molecule has 4 heteroatoms. The van der Waals surface area contributed by atoms with E-state index in [0.717, 1.165) is 51.4 Å². The Bertz CT molecular complexity index is 1210. The summed E-state index contributed by atoms with van der Waals surface area (Å²) in [6.07, 6.45) is 18.2. The van der Waals surface area contributed by atoms with Gasteiger partial charge >= 0.3 is 11.9 Å². The second-order valence-corrected chi connectivity index (χ2v) is 10.8. The molecule has 0 amide bonds. The van der Waals surface area contributed by atoms with Crippen LogP contribution in [-0.4, -0.2) is 26.2 Å². The monoisotopic (exact) mass is 468 g/mol. The highest BCUT2D eigenvalue weighted by Crippen LogP contribution is 2.51. The number of fused-ring (bicyclic) bond motifs is 4. The molecular weight excluding hydrogens is 436 g/mol. The van der Waals surface area contributed by atoms with Crippen molar-refractivity contribution < 1.29 is 19.1 Å². The van der Waals surface area contributed by atoms with Crippen molar-refractivity contribution in [3.05, 3.63) is 79.9 Å². The minimum atomic E-state index is -0.299. The van der Waals surface area contributed by atoms with E-state index in [1.807, 2.05) is 12.2 Å². The lowest BCUT2D eigenvalue weighted by Crippen LogP contribution is -2.21. The van der Waals surface area contributed by atoms with Gasteiger partial charge in [-0.15, -0.1) is 0 Å². The standard InChI is InChI=1S/C31H32O4/c1-34-29(32)11-9-25-23-7-3-5-19(23)13-21-15-31(17-27(21)25)16-22-14-20-6-4-8-24(20)26(28(22)18-31)10-12-30(33)35-2/h9-14H,3-8,15-18H2,1-2H3/b11-9+,12-10+. The van der Waals surface area contributed by atoms with E-state index < -0.39 is 0 Å². The number of carbonyl (C=O) groups is 2. The zero-order chi connectivity index (χ0) is 24.2. The molecule has 180 valence electrons. The van der Waals surface area contributed by atoms with Crippen LogP contribution >= 0.6 is 0 Å². The molecule has 4 aliphatic carbocycles. The van der Waals surface area contributed by atoms with E-state index in [0.29, 0.717) is 0 Å². The summed E-state index contributed by atoms with van der Waals surface area (Å²) < 4.78 is 9.76. The van der Waals surface area contributed by atoms with Crippen molar-refractivity contribution >= 4 is 24.1 Å². The minimum absolute atomic E-state index is 0.177. The summed E-state index contributed by atoms with van der Waals surface area (Å²) in [5.74, 6) is -0.598. The molecular formula is C31H32O4. The number of rotatable bonds is 4. The second kappa shape index (κ2) is 8.51.